The lowest BCUT2D eigenvalue weighted by molar-refractivity contribution is -0.141. The highest BCUT2D eigenvalue weighted by molar-refractivity contribution is 5.83. The van der Waals surface area contributed by atoms with Crippen LogP contribution in [0.1, 0.15) is 32.6 Å². The van der Waals surface area contributed by atoms with Crippen LogP contribution in [0.5, 0.6) is 0 Å². The fraction of sp³-hybridized carbons (Fsp3) is 0.800. The summed E-state index contributed by atoms with van der Waals surface area (Å²) in [6, 6.07) is -0.370. The second-order valence-corrected chi connectivity index (χ2v) is 3.96. The van der Waals surface area contributed by atoms with E-state index in [-0.39, 0.29) is 5.91 Å². The summed E-state index contributed by atoms with van der Waals surface area (Å²) in [4.78, 5) is 21.8. The summed E-state index contributed by atoms with van der Waals surface area (Å²) >= 11 is 0. The van der Waals surface area contributed by atoms with E-state index in [0.717, 1.165) is 25.8 Å². The van der Waals surface area contributed by atoms with E-state index in [1.54, 1.807) is 0 Å². The molecule has 0 bridgehead atoms. The first-order chi connectivity index (χ1) is 7.09. The van der Waals surface area contributed by atoms with Crippen LogP contribution in [0.25, 0.3) is 0 Å². The van der Waals surface area contributed by atoms with Gasteiger partial charge in [0.2, 0.25) is 5.91 Å². The lowest BCUT2D eigenvalue weighted by atomic mass is 10.1. The molecule has 86 valence electrons. The highest BCUT2D eigenvalue weighted by Gasteiger charge is 2.17. The molecule has 1 rings (SSSR count). The van der Waals surface area contributed by atoms with Gasteiger partial charge >= 0.3 is 5.97 Å². The van der Waals surface area contributed by atoms with E-state index in [9.17, 15) is 9.59 Å². The fourth-order valence-electron chi connectivity index (χ4n) is 1.68. The van der Waals surface area contributed by atoms with Crippen molar-refractivity contribution in [2.45, 2.75) is 44.7 Å². The highest BCUT2D eigenvalue weighted by Crippen LogP contribution is 2.10. The molecule has 5 heteroatoms. The molecule has 1 aliphatic rings. The molecule has 0 spiro atoms. The van der Waals surface area contributed by atoms with Crippen molar-refractivity contribution in [3.8, 4) is 0 Å². The number of carbonyl (C=O) groups excluding carboxylic acids is 1. The zero-order valence-electron chi connectivity index (χ0n) is 8.95. The molecule has 1 aliphatic heterocycles. The summed E-state index contributed by atoms with van der Waals surface area (Å²) in [7, 11) is 0. The molecule has 15 heavy (non-hydrogen) atoms. The van der Waals surface area contributed by atoms with Crippen molar-refractivity contribution in [2.75, 3.05) is 6.54 Å². The molecule has 1 fully saturated rings. The van der Waals surface area contributed by atoms with Gasteiger partial charge in [0.25, 0.3) is 0 Å². The number of hydrogen-bond acceptors (Lipinski definition) is 3. The molecule has 1 heterocycles. The predicted molar refractivity (Wildman–Crippen MR) is 55.5 cm³/mol. The van der Waals surface area contributed by atoms with Gasteiger partial charge in [-0.05, 0) is 32.7 Å². The van der Waals surface area contributed by atoms with Crippen LogP contribution in [0.3, 0.4) is 0 Å². The Morgan fingerprint density at radius 2 is 2.33 bits per heavy atom. The molecule has 2 unspecified atom stereocenters. The Kier molecular flexibility index (Phi) is 4.55. The Balaban J connectivity index is 2.15. The van der Waals surface area contributed by atoms with Gasteiger partial charge in [-0.25, -0.2) is 0 Å². The maximum atomic E-state index is 11.3. The second-order valence-electron chi connectivity index (χ2n) is 3.96. The number of carbonyl (C=O) groups is 2. The van der Waals surface area contributed by atoms with Gasteiger partial charge in [0.15, 0.2) is 0 Å². The molecule has 2 atom stereocenters. The predicted octanol–water partition coefficient (Wildman–Crippen LogP) is 0.108. The SMILES string of the molecule is CC(NC(=O)CCC1CCCN1)C(=O)O. The minimum atomic E-state index is -0.998. The summed E-state index contributed by atoms with van der Waals surface area (Å²) in [5, 5.41) is 14.3. The Bertz CT molecular complexity index is 237. The van der Waals surface area contributed by atoms with E-state index in [1.807, 2.05) is 0 Å². The van der Waals surface area contributed by atoms with Crippen LogP contribution in [0.2, 0.25) is 0 Å². The Morgan fingerprint density at radius 1 is 1.60 bits per heavy atom. The zero-order chi connectivity index (χ0) is 11.3. The Morgan fingerprint density at radius 3 is 2.87 bits per heavy atom. The molecular formula is C10H18N2O3. The lowest BCUT2D eigenvalue weighted by Crippen LogP contribution is -2.38. The van der Waals surface area contributed by atoms with Crippen molar-refractivity contribution in [1.29, 1.82) is 0 Å². The normalized spacial score (nSPS) is 22.3. The van der Waals surface area contributed by atoms with E-state index in [0.29, 0.717) is 12.5 Å². The van der Waals surface area contributed by atoms with E-state index < -0.39 is 12.0 Å². The van der Waals surface area contributed by atoms with E-state index in [4.69, 9.17) is 5.11 Å². The number of rotatable bonds is 5. The molecule has 0 aromatic heterocycles. The summed E-state index contributed by atoms with van der Waals surface area (Å²) < 4.78 is 0. The lowest BCUT2D eigenvalue weighted by Gasteiger charge is -2.11. The van der Waals surface area contributed by atoms with Crippen molar-refractivity contribution in [1.82, 2.24) is 10.6 Å². The van der Waals surface area contributed by atoms with Crippen LogP contribution in [0.15, 0.2) is 0 Å². The van der Waals surface area contributed by atoms with E-state index in [1.165, 1.54) is 6.92 Å². The molecule has 1 saturated heterocycles. The molecule has 0 aromatic carbocycles. The first-order valence-electron chi connectivity index (χ1n) is 5.35. The van der Waals surface area contributed by atoms with Crippen molar-refractivity contribution in [2.24, 2.45) is 0 Å². The van der Waals surface area contributed by atoms with Crippen LogP contribution in [0.4, 0.5) is 0 Å². The summed E-state index contributed by atoms with van der Waals surface area (Å²) in [5.74, 6) is -1.18. The molecule has 1 amide bonds. The molecule has 0 aromatic rings. The first kappa shape index (κ1) is 12.0. The monoisotopic (exact) mass is 214 g/mol. The smallest absolute Gasteiger partial charge is 0.325 e. The quantitative estimate of drug-likeness (QED) is 0.607. The summed E-state index contributed by atoms with van der Waals surface area (Å²) in [6.07, 6.45) is 3.47. The van der Waals surface area contributed by atoms with Crippen molar-refractivity contribution < 1.29 is 14.7 Å². The molecule has 5 nitrogen and oxygen atoms in total. The Hall–Kier alpha value is -1.10. The number of nitrogens with one attached hydrogen (secondary N) is 2. The van der Waals surface area contributed by atoms with Crippen LogP contribution < -0.4 is 10.6 Å². The number of carboxylic acids is 1. The number of amides is 1. The average molecular weight is 214 g/mol. The van der Waals surface area contributed by atoms with Crippen molar-refractivity contribution in [3.05, 3.63) is 0 Å². The number of hydrogen-bond donors (Lipinski definition) is 3. The van der Waals surface area contributed by atoms with E-state index in [2.05, 4.69) is 10.6 Å². The van der Waals surface area contributed by atoms with Crippen LogP contribution in [0, 0.1) is 0 Å². The van der Waals surface area contributed by atoms with Gasteiger partial charge in [0.1, 0.15) is 6.04 Å². The molecular weight excluding hydrogens is 196 g/mol. The average Bonchev–Trinajstić information content (AvgIpc) is 2.66. The maximum Gasteiger partial charge on any atom is 0.325 e. The van der Waals surface area contributed by atoms with Gasteiger partial charge in [0.05, 0.1) is 0 Å². The van der Waals surface area contributed by atoms with Gasteiger partial charge in [-0.3, -0.25) is 9.59 Å². The summed E-state index contributed by atoms with van der Waals surface area (Å²) in [5.41, 5.74) is 0. The van der Waals surface area contributed by atoms with Crippen molar-refractivity contribution in [3.63, 3.8) is 0 Å². The largest absolute Gasteiger partial charge is 0.480 e. The third-order valence-electron chi connectivity index (χ3n) is 2.63. The minimum Gasteiger partial charge on any atom is -0.480 e. The van der Waals surface area contributed by atoms with Gasteiger partial charge in [0, 0.05) is 12.5 Å². The van der Waals surface area contributed by atoms with Crippen LogP contribution >= 0.6 is 0 Å². The van der Waals surface area contributed by atoms with E-state index >= 15 is 0 Å². The summed E-state index contributed by atoms with van der Waals surface area (Å²) in [6.45, 7) is 2.49. The first-order valence-corrected chi connectivity index (χ1v) is 5.35. The third-order valence-corrected chi connectivity index (χ3v) is 2.63. The zero-order valence-corrected chi connectivity index (χ0v) is 8.95. The van der Waals surface area contributed by atoms with Gasteiger partial charge in [-0.15, -0.1) is 0 Å². The fourth-order valence-corrected chi connectivity index (χ4v) is 1.68. The molecule has 0 aliphatic carbocycles. The van der Waals surface area contributed by atoms with Crippen molar-refractivity contribution >= 4 is 11.9 Å². The maximum absolute atomic E-state index is 11.3. The minimum absolute atomic E-state index is 0.182. The standard InChI is InChI=1S/C10H18N2O3/c1-7(10(14)15)12-9(13)5-4-8-3-2-6-11-8/h7-8,11H,2-6H2,1H3,(H,12,13)(H,14,15). The van der Waals surface area contributed by atoms with Gasteiger partial charge in [-0.2, -0.15) is 0 Å². The van der Waals surface area contributed by atoms with Crippen LogP contribution in [-0.2, 0) is 9.59 Å². The molecule has 3 N–H and O–H groups in total. The Labute approximate surface area is 89.2 Å². The van der Waals surface area contributed by atoms with Crippen LogP contribution in [-0.4, -0.2) is 35.6 Å². The number of aliphatic carboxylic acids is 1. The molecule has 0 radical (unpaired) electrons. The second kappa shape index (κ2) is 5.70. The van der Waals surface area contributed by atoms with Gasteiger partial charge < -0.3 is 15.7 Å². The topological polar surface area (TPSA) is 78.4 Å². The highest BCUT2D eigenvalue weighted by atomic mass is 16.4. The number of carboxylic acid groups (broad SMARTS) is 1. The molecule has 0 saturated carbocycles. The third kappa shape index (κ3) is 4.29. The van der Waals surface area contributed by atoms with Gasteiger partial charge in [-0.1, -0.05) is 0 Å².